The Hall–Kier alpha value is -2.69. The molecule has 0 unspecified atom stereocenters. The van der Waals surface area contributed by atoms with E-state index in [1.165, 1.54) is 6.07 Å². The Morgan fingerprint density at radius 3 is 1.94 bits per heavy atom. The topological polar surface area (TPSA) is 33.0 Å². The molecule has 1 aliphatic rings. The van der Waals surface area contributed by atoms with Crippen LogP contribution in [0.3, 0.4) is 0 Å². The Labute approximate surface area is 182 Å². The van der Waals surface area contributed by atoms with Crippen molar-refractivity contribution in [1.29, 1.82) is 5.26 Å². The van der Waals surface area contributed by atoms with Gasteiger partial charge in [0.2, 0.25) is 0 Å². The molecule has 2 aromatic carbocycles. The van der Waals surface area contributed by atoms with Crippen molar-refractivity contribution >= 4 is 0 Å². The summed E-state index contributed by atoms with van der Waals surface area (Å²) in [4.78, 5) is 0. The van der Waals surface area contributed by atoms with E-state index < -0.39 is 46.3 Å². The molecule has 0 atom stereocenters. The third-order valence-corrected chi connectivity index (χ3v) is 6.15. The highest BCUT2D eigenvalue weighted by Crippen LogP contribution is 2.37. The minimum Gasteiger partial charge on any atom is -0.429 e. The van der Waals surface area contributed by atoms with Crippen LogP contribution >= 0.6 is 0 Å². The fourth-order valence-electron chi connectivity index (χ4n) is 4.26. The molecular formula is C24H23F6NO. The molecule has 1 aliphatic carbocycles. The Kier molecular flexibility index (Phi) is 7.37. The average molecular weight is 455 g/mol. The zero-order valence-corrected chi connectivity index (χ0v) is 17.5. The summed E-state index contributed by atoms with van der Waals surface area (Å²) >= 11 is 0. The molecule has 0 heterocycles. The molecule has 0 N–H and O–H groups in total. The highest BCUT2D eigenvalue weighted by molar-refractivity contribution is 5.38. The van der Waals surface area contributed by atoms with E-state index in [0.717, 1.165) is 50.2 Å². The molecule has 0 bridgehead atoms. The van der Waals surface area contributed by atoms with Crippen molar-refractivity contribution in [3.8, 4) is 11.8 Å². The van der Waals surface area contributed by atoms with Crippen LogP contribution in [0.5, 0.6) is 5.75 Å². The lowest BCUT2D eigenvalue weighted by atomic mass is 9.78. The molecule has 0 saturated heterocycles. The van der Waals surface area contributed by atoms with Gasteiger partial charge in [-0.2, -0.15) is 14.0 Å². The maximum atomic E-state index is 14.5. The van der Waals surface area contributed by atoms with Crippen LogP contribution in [0, 0.1) is 46.4 Å². The van der Waals surface area contributed by atoms with E-state index in [2.05, 4.69) is 11.7 Å². The first-order valence-electron chi connectivity index (χ1n) is 10.6. The molecule has 0 spiro atoms. The van der Waals surface area contributed by atoms with Gasteiger partial charge in [-0.1, -0.05) is 39.0 Å². The van der Waals surface area contributed by atoms with Crippen LogP contribution in [-0.4, -0.2) is 0 Å². The van der Waals surface area contributed by atoms with Gasteiger partial charge in [-0.25, -0.2) is 17.6 Å². The number of aryl methyl sites for hydroxylation is 1. The molecule has 0 aliphatic heterocycles. The average Bonchev–Trinajstić information content (AvgIpc) is 2.71. The van der Waals surface area contributed by atoms with Crippen molar-refractivity contribution in [2.24, 2.45) is 11.8 Å². The summed E-state index contributed by atoms with van der Waals surface area (Å²) in [5.41, 5.74) is -2.37. The SMILES string of the molecule is CC[C@H]1CC[C@H](CCc2cc(F)c(C(F)(F)Oc3cc(F)c(C#N)c(F)c3)c(F)c2)CC1. The lowest BCUT2D eigenvalue weighted by molar-refractivity contribution is -0.189. The largest absolute Gasteiger partial charge is 0.432 e. The van der Waals surface area contributed by atoms with Gasteiger partial charge >= 0.3 is 6.11 Å². The molecule has 2 nitrogen and oxygen atoms in total. The number of benzene rings is 2. The van der Waals surface area contributed by atoms with Gasteiger partial charge in [0.15, 0.2) is 0 Å². The first-order chi connectivity index (χ1) is 15.1. The smallest absolute Gasteiger partial charge is 0.429 e. The highest BCUT2D eigenvalue weighted by Gasteiger charge is 2.41. The van der Waals surface area contributed by atoms with E-state index in [-0.39, 0.29) is 5.56 Å². The van der Waals surface area contributed by atoms with Gasteiger partial charge in [-0.05, 0) is 42.4 Å². The number of halogens is 6. The number of nitrogens with zero attached hydrogens (tertiary/aromatic N) is 1. The van der Waals surface area contributed by atoms with Gasteiger partial charge < -0.3 is 4.74 Å². The number of alkyl halides is 2. The molecule has 8 heteroatoms. The second-order valence-corrected chi connectivity index (χ2v) is 8.26. The number of hydrogen-bond acceptors (Lipinski definition) is 2. The minimum atomic E-state index is -4.53. The summed E-state index contributed by atoms with van der Waals surface area (Å²) in [6, 6.07) is 3.63. The monoisotopic (exact) mass is 455 g/mol. The summed E-state index contributed by atoms with van der Waals surface area (Å²) in [5, 5.41) is 8.63. The summed E-state index contributed by atoms with van der Waals surface area (Å²) in [6.45, 7) is 2.16. The van der Waals surface area contributed by atoms with E-state index in [0.29, 0.717) is 30.9 Å². The molecule has 172 valence electrons. The van der Waals surface area contributed by atoms with Crippen LogP contribution in [0.2, 0.25) is 0 Å². The first kappa shape index (κ1) is 24.0. The molecule has 32 heavy (non-hydrogen) atoms. The summed E-state index contributed by atoms with van der Waals surface area (Å²) in [6.07, 6.45) is 2.03. The quantitative estimate of drug-likeness (QED) is 0.408. The third kappa shape index (κ3) is 5.37. The molecule has 1 saturated carbocycles. The van der Waals surface area contributed by atoms with Crippen molar-refractivity contribution in [2.45, 2.75) is 58.0 Å². The van der Waals surface area contributed by atoms with Crippen LogP contribution in [0.25, 0.3) is 0 Å². The Balaban J connectivity index is 1.73. The zero-order valence-electron chi connectivity index (χ0n) is 17.5. The Morgan fingerprint density at radius 1 is 0.906 bits per heavy atom. The van der Waals surface area contributed by atoms with Gasteiger partial charge in [0.25, 0.3) is 0 Å². The van der Waals surface area contributed by atoms with Gasteiger partial charge in [0.1, 0.15) is 46.2 Å². The molecular weight excluding hydrogens is 432 g/mol. The maximum Gasteiger partial charge on any atom is 0.432 e. The normalized spacial score (nSPS) is 18.9. The molecule has 3 rings (SSSR count). The second-order valence-electron chi connectivity index (χ2n) is 8.26. The summed E-state index contributed by atoms with van der Waals surface area (Å²) in [7, 11) is 0. The van der Waals surface area contributed by atoms with E-state index in [4.69, 9.17) is 5.26 Å². The fourth-order valence-corrected chi connectivity index (χ4v) is 4.26. The second kappa shape index (κ2) is 9.85. The van der Waals surface area contributed by atoms with Crippen molar-refractivity contribution in [3.05, 3.63) is 64.2 Å². The number of rotatable bonds is 7. The predicted octanol–water partition coefficient (Wildman–Crippen LogP) is 7.39. The van der Waals surface area contributed by atoms with E-state index >= 15 is 0 Å². The Bertz CT molecular complexity index is 962. The number of hydrogen-bond donors (Lipinski definition) is 0. The van der Waals surface area contributed by atoms with Crippen LogP contribution in [-0.2, 0) is 12.5 Å². The van der Waals surface area contributed by atoms with Gasteiger partial charge in [0.05, 0.1) is 0 Å². The fraction of sp³-hybridized carbons (Fsp3) is 0.458. The Morgan fingerprint density at radius 2 is 1.44 bits per heavy atom. The maximum absolute atomic E-state index is 14.5. The molecule has 0 radical (unpaired) electrons. The first-order valence-corrected chi connectivity index (χ1v) is 10.6. The molecule has 1 fully saturated rings. The zero-order chi connectivity index (χ0) is 23.5. The van der Waals surface area contributed by atoms with Crippen LogP contribution in [0.15, 0.2) is 24.3 Å². The van der Waals surface area contributed by atoms with E-state index in [1.807, 2.05) is 0 Å². The lowest BCUT2D eigenvalue weighted by Crippen LogP contribution is -2.25. The van der Waals surface area contributed by atoms with E-state index in [1.54, 1.807) is 0 Å². The molecule has 0 aromatic heterocycles. The highest BCUT2D eigenvalue weighted by atomic mass is 19.3. The van der Waals surface area contributed by atoms with Crippen LogP contribution < -0.4 is 4.74 Å². The predicted molar refractivity (Wildman–Crippen MR) is 106 cm³/mol. The number of ether oxygens (including phenoxy) is 1. The molecule has 0 amide bonds. The van der Waals surface area contributed by atoms with Crippen molar-refractivity contribution in [1.82, 2.24) is 0 Å². The third-order valence-electron chi connectivity index (χ3n) is 6.15. The lowest BCUT2D eigenvalue weighted by Gasteiger charge is -2.27. The minimum absolute atomic E-state index is 0.257. The number of nitriles is 1. The van der Waals surface area contributed by atoms with Crippen molar-refractivity contribution in [2.75, 3.05) is 0 Å². The summed E-state index contributed by atoms with van der Waals surface area (Å²) in [5.74, 6) is -5.71. The van der Waals surface area contributed by atoms with Gasteiger partial charge in [-0.15, -0.1) is 0 Å². The van der Waals surface area contributed by atoms with Crippen LogP contribution in [0.4, 0.5) is 26.3 Å². The van der Waals surface area contributed by atoms with E-state index in [9.17, 15) is 26.3 Å². The molecule has 2 aromatic rings. The van der Waals surface area contributed by atoms with Crippen molar-refractivity contribution in [3.63, 3.8) is 0 Å². The summed E-state index contributed by atoms with van der Waals surface area (Å²) < 4.78 is 89.4. The van der Waals surface area contributed by atoms with Gasteiger partial charge in [-0.3, -0.25) is 0 Å². The standard InChI is InChI=1S/C24H23F6NO/c1-2-14-3-5-15(6-4-14)7-8-16-9-21(27)23(22(28)10-16)24(29,30)32-17-11-19(25)18(13-31)20(26)12-17/h9-12,14-15H,2-8H2,1H3/t14-,15-. The van der Waals surface area contributed by atoms with Gasteiger partial charge in [0, 0.05) is 12.1 Å². The van der Waals surface area contributed by atoms with Crippen LogP contribution in [0.1, 0.15) is 62.1 Å². The van der Waals surface area contributed by atoms with Crippen molar-refractivity contribution < 1.29 is 31.1 Å².